The van der Waals surface area contributed by atoms with Crippen LogP contribution in [-0.2, 0) is 67.0 Å². The molecule has 4 saturated heterocycles. The lowest BCUT2D eigenvalue weighted by Gasteiger charge is -2.35. The Morgan fingerprint density at radius 2 is 0.594 bits per heavy atom. The molecule has 0 radical (unpaired) electrons. The van der Waals surface area contributed by atoms with Crippen LogP contribution in [-0.4, -0.2) is 232 Å². The summed E-state index contributed by atoms with van der Waals surface area (Å²) in [5, 5.41) is 69.4. The zero-order valence-electron chi connectivity index (χ0n) is 64.3. The van der Waals surface area contributed by atoms with E-state index in [0.717, 1.165) is 167 Å². The normalized spacial score (nSPS) is 28.7. The van der Waals surface area contributed by atoms with Crippen LogP contribution in [0.5, 0.6) is 0 Å². The van der Waals surface area contributed by atoms with E-state index in [4.69, 9.17) is 9.47 Å². The third kappa shape index (κ3) is 23.7. The number of likely N-dealkylation sites (tertiary alicyclic amines) is 4. The minimum absolute atomic E-state index is 0.00716. The van der Waals surface area contributed by atoms with Gasteiger partial charge in [-0.1, -0.05) is 129 Å². The van der Waals surface area contributed by atoms with Crippen molar-refractivity contribution in [2.24, 2.45) is 35.5 Å². The second kappa shape index (κ2) is 41.9. The lowest BCUT2D eigenvalue weighted by atomic mass is 9.84. The fourth-order valence-electron chi connectivity index (χ4n) is 18.5. The van der Waals surface area contributed by atoms with Gasteiger partial charge >= 0.3 is 47.8 Å². The van der Waals surface area contributed by atoms with Gasteiger partial charge in [-0.2, -0.15) is 0 Å². The molecular weight excluding hydrogens is 1370 g/mol. The van der Waals surface area contributed by atoms with E-state index in [0.29, 0.717) is 76.4 Å². The number of fused-ring (bicyclic) bond motifs is 4. The van der Waals surface area contributed by atoms with Gasteiger partial charge in [-0.3, -0.25) is 59.6 Å². The summed E-state index contributed by atoms with van der Waals surface area (Å²) < 4.78 is 10.3. The number of amides is 4. The average Bonchev–Trinajstić information content (AvgIpc) is 1.65. The van der Waals surface area contributed by atoms with Crippen LogP contribution in [0.15, 0.2) is 0 Å². The molecule has 0 spiro atoms. The van der Waals surface area contributed by atoms with Gasteiger partial charge in [0.05, 0.1) is 37.4 Å². The second-order valence-corrected chi connectivity index (χ2v) is 32.1. The van der Waals surface area contributed by atoms with E-state index in [9.17, 15) is 88.2 Å². The van der Waals surface area contributed by atoms with Crippen LogP contribution < -0.4 is 21.3 Å². The van der Waals surface area contributed by atoms with Crippen molar-refractivity contribution < 1.29 is 97.6 Å². The molecule has 4 aliphatic heterocycles. The Labute approximate surface area is 626 Å². The van der Waals surface area contributed by atoms with Crippen LogP contribution in [0.4, 0.5) is 0 Å². The van der Waals surface area contributed by atoms with E-state index in [2.05, 4.69) is 35.1 Å². The zero-order valence-corrected chi connectivity index (χ0v) is 64.3. The first-order chi connectivity index (χ1) is 50.6. The number of carbonyl (C=O) groups is 12. The molecule has 0 aromatic rings. The van der Waals surface area contributed by atoms with Gasteiger partial charge in [0.1, 0.15) is 48.3 Å². The lowest BCUT2D eigenvalue weighted by molar-refractivity contribution is -0.152. The Kier molecular flexibility index (Phi) is 34.3. The summed E-state index contributed by atoms with van der Waals surface area (Å²) in [4.78, 5) is 153. The molecule has 0 aromatic carbocycles. The fourth-order valence-corrected chi connectivity index (χ4v) is 18.5. The lowest BCUT2D eigenvalue weighted by Crippen LogP contribution is -2.55. The van der Waals surface area contributed by atoms with Crippen LogP contribution in [0.3, 0.4) is 0 Å². The van der Waals surface area contributed by atoms with E-state index >= 15 is 0 Å². The van der Waals surface area contributed by atoms with Crippen LogP contribution in [0, 0.1) is 35.5 Å². The zero-order chi connectivity index (χ0) is 77.6. The van der Waals surface area contributed by atoms with Gasteiger partial charge in [-0.05, 0) is 180 Å². The van der Waals surface area contributed by atoms with Crippen LogP contribution in [0.2, 0.25) is 0 Å². The molecule has 4 amide bonds. The molecule has 20 atom stereocenters. The first-order valence-corrected chi connectivity index (χ1v) is 40.6. The number of aliphatic carboxylic acids is 6. The maximum absolute atomic E-state index is 13.2. The second-order valence-electron chi connectivity index (χ2n) is 32.1. The Bertz CT molecular complexity index is 2970. The molecular formula is C78H128N8O20. The summed E-state index contributed by atoms with van der Waals surface area (Å²) in [6.45, 7) is 15.0. The molecule has 28 nitrogen and oxygen atoms in total. The Balaban J connectivity index is 0.000000197. The summed E-state index contributed by atoms with van der Waals surface area (Å²) in [5.41, 5.74) is 0. The third-order valence-corrected chi connectivity index (χ3v) is 24.3. The number of hydrogen-bond donors (Lipinski definition) is 10. The highest BCUT2D eigenvalue weighted by atomic mass is 16.5. The van der Waals surface area contributed by atoms with E-state index in [1.165, 1.54) is 4.90 Å². The summed E-state index contributed by atoms with van der Waals surface area (Å²) >= 11 is 0. The fraction of sp³-hybridized carbons (Fsp3) is 0.846. The van der Waals surface area contributed by atoms with Crippen molar-refractivity contribution in [2.75, 3.05) is 13.2 Å². The van der Waals surface area contributed by atoms with Crippen molar-refractivity contribution in [2.45, 2.75) is 370 Å². The predicted molar refractivity (Wildman–Crippen MR) is 392 cm³/mol. The van der Waals surface area contributed by atoms with E-state index in [1.807, 2.05) is 0 Å². The minimum atomic E-state index is -0.965. The van der Waals surface area contributed by atoms with Gasteiger partial charge in [-0.25, -0.2) is 19.2 Å². The number of esters is 2. The van der Waals surface area contributed by atoms with Crippen molar-refractivity contribution in [3.63, 3.8) is 0 Å². The predicted octanol–water partition coefficient (Wildman–Crippen LogP) is 8.37. The number of unbranched alkanes of at least 4 members (excludes halogenated alkanes) is 4. The number of carboxylic acid groups (broad SMARTS) is 6. The highest BCUT2D eigenvalue weighted by Crippen LogP contribution is 2.45. The molecule has 6 aliphatic carbocycles. The van der Waals surface area contributed by atoms with E-state index in [-0.39, 0.29) is 83.4 Å². The van der Waals surface area contributed by atoms with Gasteiger partial charge < -0.3 is 59.7 Å². The summed E-state index contributed by atoms with van der Waals surface area (Å²) in [6.07, 6.45) is 30.2. The number of ether oxygens (including phenoxy) is 2. The first-order valence-electron chi connectivity index (χ1n) is 40.6. The molecule has 10 fully saturated rings. The standard InChI is InChI=1S/C21H36N2O5.C20H32N2O5.C19H32N2O5.C18H28N2O5/c1-4-6-7-11-16(21(27)28-5-2)22-14(3)19(24)23-17-12-9-8-10-15(17)13-18(23)20(25)26;1-3-27-20(26)15(10-13-8-9-13)21-12(2)18(23)22-16-7-5-4-6-14(16)11-17(22)19(24)25;1-3-4-5-9-14(18(23)24)20-12(2)17(22)21-15-10-7-6-8-13(15)11-16(21)19(25)26;1-10(19-13(17(22)23)8-11-6-7-11)16(21)20-14-5-3-2-4-12(14)9-15(20)18(24)25/h14-18,22H,4-13H2,1-3H3,(H,25,26);12-17,21H,3-11H2,1-2H3,(H,24,25);12-16,20H,3-11H2,1-2H3,(H,23,24)(H,25,26);10-15,19H,2-9H2,1H3,(H,22,23)(H,24,25)/t14-,15+,16-,17-,18-;12-,14+,15-,16-,17-;12-,13+,14-,15-,16-;10-,12+,13-,14-,15-/m0000/s1. The number of rotatable bonds is 34. The van der Waals surface area contributed by atoms with Crippen LogP contribution in [0.25, 0.3) is 0 Å². The maximum atomic E-state index is 13.2. The monoisotopic (exact) mass is 1500 g/mol. The topological polar surface area (TPSA) is 406 Å². The Morgan fingerprint density at radius 3 is 0.868 bits per heavy atom. The maximum Gasteiger partial charge on any atom is 0.326 e. The molecule has 10 N–H and O–H groups in total. The van der Waals surface area contributed by atoms with Crippen molar-refractivity contribution >= 4 is 71.4 Å². The summed E-state index contributed by atoms with van der Waals surface area (Å²) in [6, 6.07) is -8.32. The third-order valence-electron chi connectivity index (χ3n) is 24.3. The van der Waals surface area contributed by atoms with E-state index < -0.39 is 108 Å². The number of nitrogens with one attached hydrogen (secondary N) is 4. The van der Waals surface area contributed by atoms with Gasteiger partial charge in [0.2, 0.25) is 23.6 Å². The number of carbonyl (C=O) groups excluding carboxylic acids is 6. The van der Waals surface area contributed by atoms with Gasteiger partial charge in [0.25, 0.3) is 0 Å². The molecule has 10 aliphatic rings. The highest BCUT2D eigenvalue weighted by molar-refractivity contribution is 5.91. The van der Waals surface area contributed by atoms with Crippen LogP contribution >= 0.6 is 0 Å². The largest absolute Gasteiger partial charge is 0.480 e. The molecule has 600 valence electrons. The van der Waals surface area contributed by atoms with Crippen LogP contribution in [0.1, 0.15) is 274 Å². The molecule has 10 rings (SSSR count). The number of nitrogens with zero attached hydrogens (tertiary/aromatic N) is 4. The first kappa shape index (κ1) is 86.7. The molecule has 0 aromatic heterocycles. The summed E-state index contributed by atoms with van der Waals surface area (Å²) in [7, 11) is 0. The highest BCUT2D eigenvalue weighted by Gasteiger charge is 2.53. The van der Waals surface area contributed by atoms with Gasteiger partial charge in [-0.15, -0.1) is 0 Å². The van der Waals surface area contributed by atoms with Crippen molar-refractivity contribution in [1.29, 1.82) is 0 Å². The molecule has 28 heteroatoms. The SMILES string of the molecule is CCCCC[C@H](N[C@@H](C)C(=O)N1[C@H](C(=O)O)C[C@H]2CCCC[C@@H]21)C(=O)O.CCCCC[C@H](N[C@@H](C)C(=O)N1[C@H](C(=O)O)C[C@H]2CCCC[C@@H]21)C(=O)OCC.CCOC(=O)[C@H](CC1CC1)N[C@@H](C)C(=O)N1[C@H](C(=O)O)C[C@H]2CCCC[C@@H]21.C[C@H](N[C@@H](CC1CC1)C(=O)O)C(=O)N1[C@H](C(=O)O)C[C@H]2CCCC[C@@H]21. The van der Waals surface area contributed by atoms with Crippen molar-refractivity contribution in [3.05, 3.63) is 0 Å². The Hall–Kier alpha value is -6.52. The number of hydrogen-bond acceptors (Lipinski definition) is 18. The molecule has 0 unspecified atom stereocenters. The molecule has 4 heterocycles. The quantitative estimate of drug-likeness (QED) is 0.0213. The van der Waals surface area contributed by atoms with Crippen molar-refractivity contribution in [3.8, 4) is 0 Å². The smallest absolute Gasteiger partial charge is 0.326 e. The van der Waals surface area contributed by atoms with E-state index in [1.54, 1.807) is 56.2 Å². The molecule has 0 bridgehead atoms. The van der Waals surface area contributed by atoms with Gasteiger partial charge in [0, 0.05) is 24.2 Å². The summed E-state index contributed by atoms with van der Waals surface area (Å²) in [5.74, 6) is -5.33. The Morgan fingerprint density at radius 1 is 0.340 bits per heavy atom. The molecule has 106 heavy (non-hydrogen) atoms. The van der Waals surface area contributed by atoms with Gasteiger partial charge in [0.15, 0.2) is 0 Å². The number of carboxylic acids is 6. The average molecular weight is 1500 g/mol. The minimum Gasteiger partial charge on any atom is -0.480 e. The molecule has 6 saturated carbocycles. The van der Waals surface area contributed by atoms with Crippen molar-refractivity contribution in [1.82, 2.24) is 40.9 Å².